The second-order valence-corrected chi connectivity index (χ2v) is 8.96. The summed E-state index contributed by atoms with van der Waals surface area (Å²) in [6.07, 6.45) is 0.158. The number of Topliss-reactive ketones (excluding diaryl/α,β-unsaturated/α-hetero) is 1. The van der Waals surface area contributed by atoms with Crippen LogP contribution in [-0.2, 0) is 28.9 Å². The number of hydrogen-bond acceptors (Lipinski definition) is 5. The zero-order valence-electron chi connectivity index (χ0n) is 20.7. The van der Waals surface area contributed by atoms with Crippen molar-refractivity contribution in [3.63, 3.8) is 0 Å². The van der Waals surface area contributed by atoms with Gasteiger partial charge in [-0.05, 0) is 60.7 Å². The molecule has 2 atom stereocenters. The molecular formula is C28H33F2N3O3. The first-order valence-electron chi connectivity index (χ1n) is 12.1. The average Bonchev–Trinajstić information content (AvgIpc) is 3.27. The van der Waals surface area contributed by atoms with Gasteiger partial charge in [0.1, 0.15) is 17.7 Å². The molecule has 0 aliphatic rings. The Labute approximate surface area is 210 Å². The molecule has 8 heteroatoms. The average molecular weight is 498 g/mol. The number of esters is 1. The number of carbonyl (C=O) groups is 2. The summed E-state index contributed by atoms with van der Waals surface area (Å²) in [6, 6.07) is 14.1. The van der Waals surface area contributed by atoms with E-state index in [1.54, 1.807) is 12.1 Å². The third-order valence-corrected chi connectivity index (χ3v) is 5.92. The molecule has 6 nitrogen and oxygen atoms in total. The van der Waals surface area contributed by atoms with Crippen LogP contribution < -0.4 is 11.1 Å². The fourth-order valence-corrected chi connectivity index (χ4v) is 3.98. The Hall–Kier alpha value is -3.36. The molecule has 1 heterocycles. The van der Waals surface area contributed by atoms with Crippen LogP contribution in [0.2, 0.25) is 0 Å². The van der Waals surface area contributed by atoms with Crippen molar-refractivity contribution in [2.75, 3.05) is 6.54 Å². The number of ether oxygens (including phenoxy) is 1. The van der Waals surface area contributed by atoms with Gasteiger partial charge in [0.05, 0.1) is 12.1 Å². The first-order chi connectivity index (χ1) is 17.2. The van der Waals surface area contributed by atoms with E-state index in [1.165, 1.54) is 17.7 Å². The molecule has 2 aromatic carbocycles. The predicted octanol–water partition coefficient (Wildman–Crippen LogP) is 4.40. The number of carbonyl (C=O) groups excluding carboxylic acids is 2. The largest absolute Gasteiger partial charge is 0.459 e. The van der Waals surface area contributed by atoms with Crippen LogP contribution in [0.4, 0.5) is 8.78 Å². The van der Waals surface area contributed by atoms with Crippen molar-refractivity contribution in [2.24, 2.45) is 5.73 Å². The molecule has 4 N–H and O–H groups in total. The van der Waals surface area contributed by atoms with Crippen molar-refractivity contribution >= 4 is 11.8 Å². The van der Waals surface area contributed by atoms with E-state index in [-0.39, 0.29) is 31.6 Å². The lowest BCUT2D eigenvalue weighted by Crippen LogP contribution is -2.46. The van der Waals surface area contributed by atoms with Crippen LogP contribution in [0.5, 0.6) is 0 Å². The second kappa shape index (κ2) is 13.1. The molecule has 0 saturated carbocycles. The molecule has 0 spiro atoms. The third kappa shape index (κ3) is 8.39. The Kier molecular flexibility index (Phi) is 9.90. The molecule has 0 unspecified atom stereocenters. The zero-order valence-corrected chi connectivity index (χ0v) is 20.7. The smallest absolute Gasteiger partial charge is 0.306 e. The van der Waals surface area contributed by atoms with E-state index in [1.807, 2.05) is 19.1 Å². The van der Waals surface area contributed by atoms with E-state index in [4.69, 9.17) is 10.5 Å². The Bertz CT molecular complexity index is 1160. The Morgan fingerprint density at radius 3 is 2.39 bits per heavy atom. The van der Waals surface area contributed by atoms with Gasteiger partial charge >= 0.3 is 5.97 Å². The fraction of sp³-hybridized carbons (Fsp3) is 0.357. The van der Waals surface area contributed by atoms with Crippen LogP contribution in [0.15, 0.2) is 54.6 Å². The van der Waals surface area contributed by atoms with Crippen molar-refractivity contribution in [1.29, 1.82) is 0 Å². The van der Waals surface area contributed by atoms with Gasteiger partial charge in [-0.2, -0.15) is 0 Å². The summed E-state index contributed by atoms with van der Waals surface area (Å²) in [5.74, 6) is -2.15. The van der Waals surface area contributed by atoms with Crippen molar-refractivity contribution in [3.8, 4) is 0 Å². The number of ketones is 1. The first-order valence-corrected chi connectivity index (χ1v) is 12.1. The number of rotatable bonds is 13. The normalized spacial score (nSPS) is 12.8. The minimum absolute atomic E-state index is 0.00685. The van der Waals surface area contributed by atoms with Crippen molar-refractivity contribution in [1.82, 2.24) is 10.3 Å². The van der Waals surface area contributed by atoms with Gasteiger partial charge < -0.3 is 20.8 Å². The minimum Gasteiger partial charge on any atom is -0.459 e. The quantitative estimate of drug-likeness (QED) is 0.240. The molecule has 3 rings (SSSR count). The number of aromatic amines is 1. The van der Waals surface area contributed by atoms with E-state index < -0.39 is 29.7 Å². The van der Waals surface area contributed by atoms with E-state index >= 15 is 0 Å². The van der Waals surface area contributed by atoms with Gasteiger partial charge in [-0.15, -0.1) is 0 Å². The number of benzene rings is 2. The lowest BCUT2D eigenvalue weighted by atomic mass is 10.0. The Morgan fingerprint density at radius 2 is 1.72 bits per heavy atom. The lowest BCUT2D eigenvalue weighted by molar-refractivity contribution is -0.149. The highest BCUT2D eigenvalue weighted by Crippen LogP contribution is 2.14. The Morgan fingerprint density at radius 1 is 1.00 bits per heavy atom. The molecule has 0 fully saturated rings. The van der Waals surface area contributed by atoms with Gasteiger partial charge in [0.15, 0.2) is 5.78 Å². The van der Waals surface area contributed by atoms with Gasteiger partial charge in [0, 0.05) is 37.3 Å². The number of halogens is 2. The standard InChI is InChI=1S/C28H33F2N3O3/c1-3-19-5-4-6-20(11-19)16-32-17-27(24(31)14-21-12-22(29)15-23(30)13-21)36-28(35)10-9-26(34)25-8-7-18(2)33-25/h4-8,11-13,15,24,27,32-33H,3,9-10,14,16-17,31H2,1-2H3/t24-,27+/m0/s1. The summed E-state index contributed by atoms with van der Waals surface area (Å²) >= 11 is 0. The Balaban J connectivity index is 1.62. The summed E-state index contributed by atoms with van der Waals surface area (Å²) in [5.41, 5.74) is 10.3. The molecule has 192 valence electrons. The summed E-state index contributed by atoms with van der Waals surface area (Å²) < 4.78 is 32.9. The van der Waals surface area contributed by atoms with Crippen molar-refractivity contribution in [2.45, 2.75) is 58.2 Å². The van der Waals surface area contributed by atoms with Crippen LogP contribution in [0.1, 0.15) is 52.6 Å². The number of nitrogens with two attached hydrogens (primary N) is 1. The molecular weight excluding hydrogens is 464 g/mol. The number of H-pyrrole nitrogens is 1. The van der Waals surface area contributed by atoms with Crippen LogP contribution in [0.25, 0.3) is 0 Å². The van der Waals surface area contributed by atoms with Crippen LogP contribution in [-0.4, -0.2) is 35.4 Å². The van der Waals surface area contributed by atoms with Gasteiger partial charge in [-0.25, -0.2) is 8.78 Å². The maximum Gasteiger partial charge on any atom is 0.306 e. The highest BCUT2D eigenvalue weighted by molar-refractivity contribution is 5.96. The maximum atomic E-state index is 13.6. The SMILES string of the molecule is CCc1cccc(CNC[C@@H](OC(=O)CCC(=O)c2ccc(C)[nH]2)[C@@H](N)Cc2cc(F)cc(F)c2)c1. The number of nitrogens with one attached hydrogen (secondary N) is 2. The van der Waals surface area contributed by atoms with Gasteiger partial charge in [-0.1, -0.05) is 31.2 Å². The van der Waals surface area contributed by atoms with Gasteiger partial charge in [0.2, 0.25) is 0 Å². The molecule has 0 aliphatic heterocycles. The molecule has 36 heavy (non-hydrogen) atoms. The maximum absolute atomic E-state index is 13.6. The number of hydrogen-bond donors (Lipinski definition) is 3. The molecule has 0 saturated heterocycles. The number of aryl methyl sites for hydroxylation is 2. The van der Waals surface area contributed by atoms with Crippen LogP contribution in [0.3, 0.4) is 0 Å². The predicted molar refractivity (Wildman–Crippen MR) is 135 cm³/mol. The molecule has 0 aliphatic carbocycles. The summed E-state index contributed by atoms with van der Waals surface area (Å²) in [7, 11) is 0. The van der Waals surface area contributed by atoms with E-state index in [2.05, 4.69) is 29.4 Å². The van der Waals surface area contributed by atoms with E-state index in [9.17, 15) is 18.4 Å². The fourth-order valence-electron chi connectivity index (χ4n) is 3.98. The summed E-state index contributed by atoms with van der Waals surface area (Å²) in [6.45, 7) is 4.70. The molecule has 0 radical (unpaired) electrons. The van der Waals surface area contributed by atoms with Gasteiger partial charge in [-0.3, -0.25) is 9.59 Å². The topological polar surface area (TPSA) is 97.2 Å². The van der Waals surface area contributed by atoms with E-state index in [0.717, 1.165) is 23.7 Å². The van der Waals surface area contributed by atoms with Gasteiger partial charge in [0.25, 0.3) is 0 Å². The molecule has 0 bridgehead atoms. The van der Waals surface area contributed by atoms with Crippen molar-refractivity contribution < 1.29 is 23.1 Å². The second-order valence-electron chi connectivity index (χ2n) is 8.96. The monoisotopic (exact) mass is 497 g/mol. The first kappa shape index (κ1) is 27.2. The van der Waals surface area contributed by atoms with E-state index in [0.29, 0.717) is 17.8 Å². The molecule has 1 aromatic heterocycles. The molecule has 0 amide bonds. The van der Waals surface area contributed by atoms with Crippen molar-refractivity contribution in [3.05, 3.63) is 94.3 Å². The highest BCUT2D eigenvalue weighted by atomic mass is 19.1. The lowest BCUT2D eigenvalue weighted by Gasteiger charge is -2.25. The minimum atomic E-state index is -0.763. The van der Waals surface area contributed by atoms with Crippen LogP contribution in [0, 0.1) is 18.6 Å². The summed E-state index contributed by atoms with van der Waals surface area (Å²) in [4.78, 5) is 27.9. The molecule has 3 aromatic rings. The van der Waals surface area contributed by atoms with Crippen LogP contribution >= 0.6 is 0 Å². The highest BCUT2D eigenvalue weighted by Gasteiger charge is 2.23. The summed E-state index contributed by atoms with van der Waals surface area (Å²) in [5, 5.41) is 3.26. The zero-order chi connectivity index (χ0) is 26.1. The number of aromatic nitrogens is 1. The third-order valence-electron chi connectivity index (χ3n) is 5.92.